The molecule has 2 fully saturated rings. The lowest BCUT2D eigenvalue weighted by Gasteiger charge is -2.35. The zero-order valence-corrected chi connectivity index (χ0v) is 16.8. The summed E-state index contributed by atoms with van der Waals surface area (Å²) in [4.78, 5) is 54.7. The second-order valence-electron chi connectivity index (χ2n) is 6.85. The molecule has 28 heavy (non-hydrogen) atoms. The minimum Gasteiger partial charge on any atom is -0.358 e. The number of nitrogens with one attached hydrogen (secondary N) is 1. The van der Waals surface area contributed by atoms with Gasteiger partial charge < -0.3 is 20.0 Å². The molecule has 9 heteroatoms. The number of carbonyl (C=O) groups is 4. The smallest absolute Gasteiger partial charge is 0.242 e. The highest BCUT2D eigenvalue weighted by atomic mass is 32.2. The molecule has 0 aliphatic carbocycles. The monoisotopic (exact) mass is 404 g/mol. The average molecular weight is 404 g/mol. The van der Waals surface area contributed by atoms with Crippen LogP contribution in [0.1, 0.15) is 6.42 Å². The lowest BCUT2D eigenvalue weighted by Crippen LogP contribution is -2.55. The van der Waals surface area contributed by atoms with Gasteiger partial charge in [-0.15, -0.1) is 11.8 Å². The molecule has 2 aliphatic heterocycles. The van der Waals surface area contributed by atoms with E-state index in [0.717, 1.165) is 10.6 Å². The van der Waals surface area contributed by atoms with Crippen molar-refractivity contribution in [1.29, 1.82) is 0 Å². The number of amides is 4. The van der Waals surface area contributed by atoms with Gasteiger partial charge in [-0.1, -0.05) is 0 Å². The second-order valence-corrected chi connectivity index (χ2v) is 7.73. The van der Waals surface area contributed by atoms with Crippen LogP contribution in [0.4, 0.5) is 5.69 Å². The number of likely N-dealkylation sites (N-methyl/N-ethyl adjacent to an activating group) is 1. The number of benzene rings is 1. The maximum Gasteiger partial charge on any atom is 0.242 e. The van der Waals surface area contributed by atoms with E-state index in [1.54, 1.807) is 16.7 Å². The van der Waals surface area contributed by atoms with E-state index in [1.165, 1.54) is 16.8 Å². The first-order valence-corrected chi connectivity index (χ1v) is 10.4. The van der Waals surface area contributed by atoms with Gasteiger partial charge in [0, 0.05) is 43.7 Å². The number of rotatable bonds is 5. The number of carbonyl (C=O) groups excluding carboxylic acids is 4. The number of nitrogens with zero attached hydrogens (tertiary/aromatic N) is 3. The van der Waals surface area contributed by atoms with Gasteiger partial charge in [0.05, 0.1) is 19.0 Å². The van der Waals surface area contributed by atoms with Gasteiger partial charge in [-0.3, -0.25) is 19.2 Å². The summed E-state index contributed by atoms with van der Waals surface area (Å²) in [5.41, 5.74) is 0.782. The van der Waals surface area contributed by atoms with Gasteiger partial charge in [0.2, 0.25) is 23.6 Å². The van der Waals surface area contributed by atoms with Crippen LogP contribution in [0, 0.1) is 5.92 Å². The molecule has 1 atom stereocenters. The van der Waals surface area contributed by atoms with Crippen LogP contribution in [0.15, 0.2) is 29.2 Å². The molecule has 0 bridgehead atoms. The number of anilines is 1. The molecule has 0 spiro atoms. The van der Waals surface area contributed by atoms with E-state index in [1.807, 2.05) is 30.5 Å². The van der Waals surface area contributed by atoms with Gasteiger partial charge in [-0.05, 0) is 30.5 Å². The zero-order chi connectivity index (χ0) is 20.3. The normalized spacial score (nSPS) is 19.9. The third-order valence-electron chi connectivity index (χ3n) is 5.10. The molecule has 2 saturated heterocycles. The lowest BCUT2D eigenvalue weighted by molar-refractivity contribution is -0.148. The Morgan fingerprint density at radius 1 is 1.14 bits per heavy atom. The number of thioether (sulfide) groups is 1. The molecule has 150 valence electrons. The molecule has 2 aliphatic rings. The molecular formula is C19H24N4O4S. The maximum absolute atomic E-state index is 12.8. The van der Waals surface area contributed by atoms with Crippen molar-refractivity contribution in [3.8, 4) is 0 Å². The summed E-state index contributed by atoms with van der Waals surface area (Å²) in [6, 6.07) is 7.68. The standard InChI is InChI=1S/C19H24N4O4S/c1-20-16(24)11-21-7-8-22(12-18(21)26)19(27)13-9-17(25)23(10-13)14-3-5-15(28-2)6-4-14/h3-6,13H,7-12H2,1-2H3,(H,20,24)/t13-/m0/s1. The fraction of sp³-hybridized carbons (Fsp3) is 0.474. The predicted octanol–water partition coefficient (Wildman–Crippen LogP) is 0.178. The Morgan fingerprint density at radius 3 is 2.46 bits per heavy atom. The molecule has 1 aromatic rings. The van der Waals surface area contributed by atoms with Crippen molar-refractivity contribution in [2.75, 3.05) is 50.9 Å². The highest BCUT2D eigenvalue weighted by Gasteiger charge is 2.39. The van der Waals surface area contributed by atoms with Crippen molar-refractivity contribution in [1.82, 2.24) is 15.1 Å². The molecule has 8 nitrogen and oxygen atoms in total. The third kappa shape index (κ3) is 4.30. The molecule has 4 amide bonds. The van der Waals surface area contributed by atoms with Gasteiger partial charge in [-0.25, -0.2) is 0 Å². The van der Waals surface area contributed by atoms with Crippen LogP contribution in [-0.4, -0.2) is 79.5 Å². The van der Waals surface area contributed by atoms with E-state index < -0.39 is 5.92 Å². The minimum atomic E-state index is -0.453. The van der Waals surface area contributed by atoms with Crippen molar-refractivity contribution in [2.45, 2.75) is 11.3 Å². The Kier molecular flexibility index (Phi) is 6.23. The summed E-state index contributed by atoms with van der Waals surface area (Å²) in [7, 11) is 1.52. The van der Waals surface area contributed by atoms with Gasteiger partial charge in [0.25, 0.3) is 0 Å². The molecule has 3 rings (SSSR count). The van der Waals surface area contributed by atoms with Crippen molar-refractivity contribution in [3.63, 3.8) is 0 Å². The molecule has 0 unspecified atom stereocenters. The van der Waals surface area contributed by atoms with Crippen LogP contribution in [0.25, 0.3) is 0 Å². The highest BCUT2D eigenvalue weighted by molar-refractivity contribution is 7.98. The Hall–Kier alpha value is -2.55. The second kappa shape index (κ2) is 8.64. The highest BCUT2D eigenvalue weighted by Crippen LogP contribution is 2.28. The zero-order valence-electron chi connectivity index (χ0n) is 16.0. The van der Waals surface area contributed by atoms with Crippen molar-refractivity contribution in [3.05, 3.63) is 24.3 Å². The van der Waals surface area contributed by atoms with Gasteiger partial charge in [0.1, 0.15) is 0 Å². The molecule has 0 aromatic heterocycles. The van der Waals surface area contributed by atoms with Gasteiger partial charge in [-0.2, -0.15) is 0 Å². The third-order valence-corrected chi connectivity index (χ3v) is 5.85. The van der Waals surface area contributed by atoms with E-state index in [9.17, 15) is 19.2 Å². The molecular weight excluding hydrogens is 380 g/mol. The van der Waals surface area contributed by atoms with E-state index in [-0.39, 0.29) is 43.1 Å². The lowest BCUT2D eigenvalue weighted by atomic mass is 10.1. The number of piperazine rings is 1. The summed E-state index contributed by atoms with van der Waals surface area (Å²) in [5, 5.41) is 2.49. The predicted molar refractivity (Wildman–Crippen MR) is 106 cm³/mol. The Labute approximate surface area is 168 Å². The van der Waals surface area contributed by atoms with Gasteiger partial charge >= 0.3 is 0 Å². The van der Waals surface area contributed by atoms with Crippen molar-refractivity contribution < 1.29 is 19.2 Å². The van der Waals surface area contributed by atoms with Crippen LogP contribution >= 0.6 is 11.8 Å². The molecule has 2 heterocycles. The summed E-state index contributed by atoms with van der Waals surface area (Å²) < 4.78 is 0. The van der Waals surface area contributed by atoms with Crippen LogP contribution in [0.3, 0.4) is 0 Å². The van der Waals surface area contributed by atoms with Crippen molar-refractivity contribution in [2.24, 2.45) is 5.92 Å². The first-order chi connectivity index (χ1) is 13.4. The maximum atomic E-state index is 12.8. The fourth-order valence-electron chi connectivity index (χ4n) is 3.46. The molecule has 1 N–H and O–H groups in total. The van der Waals surface area contributed by atoms with Gasteiger partial charge in [0.15, 0.2) is 0 Å². The largest absolute Gasteiger partial charge is 0.358 e. The first-order valence-electron chi connectivity index (χ1n) is 9.14. The number of hydrogen-bond acceptors (Lipinski definition) is 5. The van der Waals surface area contributed by atoms with E-state index in [0.29, 0.717) is 19.6 Å². The minimum absolute atomic E-state index is 0.000896. The summed E-state index contributed by atoms with van der Waals surface area (Å²) in [6.45, 7) is 0.957. The average Bonchev–Trinajstić information content (AvgIpc) is 3.10. The van der Waals surface area contributed by atoms with Crippen LogP contribution in [0.5, 0.6) is 0 Å². The molecule has 0 radical (unpaired) electrons. The molecule has 0 saturated carbocycles. The Bertz CT molecular complexity index is 783. The van der Waals surface area contributed by atoms with Crippen LogP contribution in [0.2, 0.25) is 0 Å². The van der Waals surface area contributed by atoms with Crippen molar-refractivity contribution >= 4 is 41.1 Å². The van der Waals surface area contributed by atoms with Crippen LogP contribution < -0.4 is 10.2 Å². The molecule has 1 aromatic carbocycles. The summed E-state index contributed by atoms with van der Waals surface area (Å²) in [5.74, 6) is -1.20. The quantitative estimate of drug-likeness (QED) is 0.707. The number of hydrogen-bond donors (Lipinski definition) is 1. The Morgan fingerprint density at radius 2 is 1.86 bits per heavy atom. The topological polar surface area (TPSA) is 90.0 Å². The van der Waals surface area contributed by atoms with Crippen LogP contribution in [-0.2, 0) is 19.2 Å². The Balaban J connectivity index is 1.60. The fourth-order valence-corrected chi connectivity index (χ4v) is 3.87. The van der Waals surface area contributed by atoms with E-state index in [2.05, 4.69) is 5.32 Å². The SMILES string of the molecule is CNC(=O)CN1CCN(C(=O)[C@H]2CC(=O)N(c3ccc(SC)cc3)C2)CC1=O. The summed E-state index contributed by atoms with van der Waals surface area (Å²) in [6.07, 6.45) is 2.14. The van der Waals surface area contributed by atoms with E-state index >= 15 is 0 Å². The first kappa shape index (κ1) is 20.2. The van der Waals surface area contributed by atoms with E-state index in [4.69, 9.17) is 0 Å². The summed E-state index contributed by atoms with van der Waals surface area (Å²) >= 11 is 1.63.